The first-order valence-corrected chi connectivity index (χ1v) is 19.0. The topological polar surface area (TPSA) is 35.6 Å². The normalized spacial score (nSPS) is 11.6. The van der Waals surface area contributed by atoms with Crippen molar-refractivity contribution >= 4 is 43.5 Å². The maximum atomic E-state index is 5.08. The minimum Gasteiger partial charge on any atom is -0.316 e. The third-order valence-electron chi connectivity index (χ3n) is 10.9. The molecule has 11 rings (SSSR count). The van der Waals surface area contributed by atoms with Crippen molar-refractivity contribution in [3.8, 4) is 56.4 Å². The van der Waals surface area contributed by atoms with Gasteiger partial charge in [0, 0.05) is 55.8 Å². The highest BCUT2D eigenvalue weighted by Crippen LogP contribution is 2.41. The zero-order chi connectivity index (χ0) is 37.0. The van der Waals surface area contributed by atoms with Crippen LogP contribution in [0.5, 0.6) is 0 Å². The number of fused-ring (bicyclic) bond motifs is 7. The van der Waals surface area contributed by atoms with Gasteiger partial charge in [0.05, 0.1) is 27.9 Å². The van der Waals surface area contributed by atoms with Gasteiger partial charge in [-0.25, -0.2) is 9.97 Å². The summed E-state index contributed by atoms with van der Waals surface area (Å²) in [6, 6.07) is 70.9. The molecule has 0 atom stereocenters. The molecule has 4 nitrogen and oxygen atoms in total. The molecule has 8 aromatic carbocycles. The number of hydrogen-bond acceptors (Lipinski definition) is 2. The van der Waals surface area contributed by atoms with Crippen molar-refractivity contribution in [3.63, 3.8) is 0 Å². The maximum absolute atomic E-state index is 5.08. The Hall–Kier alpha value is -7.56. The molecule has 0 aliphatic carbocycles. The molecule has 0 aliphatic heterocycles. The number of nitrogens with zero attached hydrogens (tertiary/aromatic N) is 4. The molecule has 3 aromatic heterocycles. The SMILES string of the molecule is c1ccc(-c2cc(-c3ccccc3)nc(-c3cccc(-c4ccc(-n5c6ccccc6c6c7c(ccc8ccn(-c9ccccc9)c87)ccc65)cc4)c3)n2)cc1. The first kappa shape index (κ1) is 31.9. The maximum Gasteiger partial charge on any atom is 0.160 e. The van der Waals surface area contributed by atoms with Gasteiger partial charge in [-0.15, -0.1) is 0 Å². The largest absolute Gasteiger partial charge is 0.316 e. The van der Waals surface area contributed by atoms with E-state index in [-0.39, 0.29) is 0 Å². The second-order valence-corrected chi connectivity index (χ2v) is 14.3. The lowest BCUT2D eigenvalue weighted by Crippen LogP contribution is -1.96. The predicted octanol–water partition coefficient (Wildman–Crippen LogP) is 13.3. The van der Waals surface area contributed by atoms with Crippen molar-refractivity contribution in [2.24, 2.45) is 0 Å². The summed E-state index contributed by atoms with van der Waals surface area (Å²) in [5.74, 6) is 0.702. The Morgan fingerprint density at radius 3 is 1.70 bits per heavy atom. The van der Waals surface area contributed by atoms with Crippen LogP contribution in [0.25, 0.3) is 99.9 Å². The van der Waals surface area contributed by atoms with Gasteiger partial charge in [-0.05, 0) is 71.1 Å². The Kier molecular flexibility index (Phi) is 7.46. The fraction of sp³-hybridized carbons (Fsp3) is 0. The fourth-order valence-corrected chi connectivity index (χ4v) is 8.31. The Bertz CT molecular complexity index is 3160. The van der Waals surface area contributed by atoms with Crippen LogP contribution in [0.2, 0.25) is 0 Å². The molecule has 0 amide bonds. The number of aromatic nitrogens is 4. The molecule has 11 aromatic rings. The summed E-state index contributed by atoms with van der Waals surface area (Å²) in [6.07, 6.45) is 2.19. The summed E-state index contributed by atoms with van der Waals surface area (Å²) in [5.41, 5.74) is 13.0. The van der Waals surface area contributed by atoms with Crippen LogP contribution in [-0.4, -0.2) is 19.1 Å². The van der Waals surface area contributed by atoms with Crippen molar-refractivity contribution in [1.82, 2.24) is 19.1 Å². The molecule has 0 N–H and O–H groups in total. The molecule has 4 heteroatoms. The van der Waals surface area contributed by atoms with Crippen LogP contribution >= 0.6 is 0 Å². The third-order valence-corrected chi connectivity index (χ3v) is 10.9. The Balaban J connectivity index is 1.03. The monoisotopic (exact) mass is 714 g/mol. The second kappa shape index (κ2) is 13.1. The molecule has 56 heavy (non-hydrogen) atoms. The van der Waals surface area contributed by atoms with Crippen LogP contribution in [-0.2, 0) is 0 Å². The van der Waals surface area contributed by atoms with Gasteiger partial charge in [-0.1, -0.05) is 146 Å². The summed E-state index contributed by atoms with van der Waals surface area (Å²) in [7, 11) is 0. The standard InChI is InChI=1S/C52H34N4/c1-4-13-36(14-5-1)45-34-46(37-15-6-2-7-16-37)54-52(53-45)41-18-12-17-40(33-41)35-25-28-43(29-26-35)56-47-22-11-10-21-44(47)50-48(56)30-27-38-23-24-39-31-32-55(51(39)49(38)50)42-19-8-3-9-20-42/h1-34H. The first-order chi connectivity index (χ1) is 27.8. The third kappa shape index (κ3) is 5.31. The lowest BCUT2D eigenvalue weighted by atomic mass is 10.0. The van der Waals surface area contributed by atoms with Crippen molar-refractivity contribution in [2.75, 3.05) is 0 Å². The van der Waals surface area contributed by atoms with E-state index in [4.69, 9.17) is 9.97 Å². The summed E-state index contributed by atoms with van der Waals surface area (Å²) in [6.45, 7) is 0. The smallest absolute Gasteiger partial charge is 0.160 e. The minimum absolute atomic E-state index is 0.702. The van der Waals surface area contributed by atoms with Crippen LogP contribution < -0.4 is 0 Å². The zero-order valence-corrected chi connectivity index (χ0v) is 30.4. The summed E-state index contributed by atoms with van der Waals surface area (Å²) >= 11 is 0. The molecule has 0 spiro atoms. The van der Waals surface area contributed by atoms with Gasteiger partial charge in [-0.2, -0.15) is 0 Å². The zero-order valence-electron chi connectivity index (χ0n) is 30.4. The van der Waals surface area contributed by atoms with Crippen molar-refractivity contribution in [3.05, 3.63) is 206 Å². The predicted molar refractivity (Wildman–Crippen MR) is 232 cm³/mol. The van der Waals surface area contributed by atoms with Gasteiger partial charge in [0.15, 0.2) is 5.82 Å². The quantitative estimate of drug-likeness (QED) is 0.172. The van der Waals surface area contributed by atoms with E-state index in [1.165, 1.54) is 43.5 Å². The van der Waals surface area contributed by atoms with E-state index < -0.39 is 0 Å². The lowest BCUT2D eigenvalue weighted by Gasteiger charge is -2.12. The number of rotatable bonds is 6. The highest BCUT2D eigenvalue weighted by Gasteiger charge is 2.18. The molecule has 0 bridgehead atoms. The minimum atomic E-state index is 0.702. The highest BCUT2D eigenvalue weighted by atomic mass is 15.0. The van der Waals surface area contributed by atoms with E-state index >= 15 is 0 Å². The van der Waals surface area contributed by atoms with E-state index in [1.807, 2.05) is 36.4 Å². The van der Waals surface area contributed by atoms with Crippen LogP contribution in [0, 0.1) is 0 Å². The molecular formula is C52H34N4. The van der Waals surface area contributed by atoms with E-state index in [0.717, 1.165) is 50.6 Å². The summed E-state index contributed by atoms with van der Waals surface area (Å²) < 4.78 is 4.74. The second-order valence-electron chi connectivity index (χ2n) is 14.3. The van der Waals surface area contributed by atoms with Gasteiger partial charge in [0.1, 0.15) is 0 Å². The van der Waals surface area contributed by atoms with Crippen molar-refractivity contribution < 1.29 is 0 Å². The fourth-order valence-electron chi connectivity index (χ4n) is 8.31. The number of hydrogen-bond donors (Lipinski definition) is 0. The van der Waals surface area contributed by atoms with Crippen LogP contribution in [0.3, 0.4) is 0 Å². The molecule has 0 aliphatic rings. The number of para-hydroxylation sites is 2. The molecule has 0 saturated carbocycles. The van der Waals surface area contributed by atoms with Gasteiger partial charge in [0.2, 0.25) is 0 Å². The molecule has 262 valence electrons. The highest BCUT2D eigenvalue weighted by molar-refractivity contribution is 6.27. The van der Waals surface area contributed by atoms with Gasteiger partial charge in [-0.3, -0.25) is 0 Å². The number of benzene rings is 8. The van der Waals surface area contributed by atoms with E-state index in [9.17, 15) is 0 Å². The Morgan fingerprint density at radius 1 is 0.357 bits per heavy atom. The Morgan fingerprint density at radius 2 is 0.964 bits per heavy atom. The molecule has 0 saturated heterocycles. The van der Waals surface area contributed by atoms with Crippen LogP contribution in [0.15, 0.2) is 206 Å². The average molecular weight is 715 g/mol. The summed E-state index contributed by atoms with van der Waals surface area (Å²) in [4.78, 5) is 10.2. The van der Waals surface area contributed by atoms with Gasteiger partial charge >= 0.3 is 0 Å². The Labute approximate surface area is 324 Å². The molecule has 0 fully saturated rings. The van der Waals surface area contributed by atoms with Crippen LogP contribution in [0.4, 0.5) is 0 Å². The lowest BCUT2D eigenvalue weighted by molar-refractivity contribution is 1.13. The average Bonchev–Trinajstić information content (AvgIpc) is 3.87. The van der Waals surface area contributed by atoms with E-state index in [1.54, 1.807) is 0 Å². The van der Waals surface area contributed by atoms with Gasteiger partial charge in [0.25, 0.3) is 0 Å². The molecule has 0 radical (unpaired) electrons. The van der Waals surface area contributed by atoms with Gasteiger partial charge < -0.3 is 9.13 Å². The van der Waals surface area contributed by atoms with E-state index in [2.05, 4.69) is 179 Å². The van der Waals surface area contributed by atoms with E-state index in [0.29, 0.717) is 5.82 Å². The van der Waals surface area contributed by atoms with Crippen molar-refractivity contribution in [1.29, 1.82) is 0 Å². The van der Waals surface area contributed by atoms with Crippen LogP contribution in [0.1, 0.15) is 0 Å². The molecular weight excluding hydrogens is 681 g/mol. The molecule has 0 unspecified atom stereocenters. The van der Waals surface area contributed by atoms with Crippen molar-refractivity contribution in [2.45, 2.75) is 0 Å². The summed E-state index contributed by atoms with van der Waals surface area (Å²) in [5, 5.41) is 6.24. The first-order valence-electron chi connectivity index (χ1n) is 19.0. The molecule has 3 heterocycles.